The zero-order chi connectivity index (χ0) is 25.1. The molecule has 1 heterocycles. The molecule has 0 spiro atoms. The van der Waals surface area contributed by atoms with Gasteiger partial charge in [0.15, 0.2) is 0 Å². The number of carbonyl (C=O) groups is 2. The molecular formula is C30H31NO4. The number of aliphatic hydroxyl groups is 1. The predicted octanol–water partition coefficient (Wildman–Crippen LogP) is 6.02. The van der Waals surface area contributed by atoms with Crippen LogP contribution in [-0.4, -0.2) is 28.3 Å². The Morgan fingerprint density at radius 2 is 1.54 bits per heavy atom. The highest BCUT2D eigenvalue weighted by Crippen LogP contribution is 2.41. The van der Waals surface area contributed by atoms with Crippen LogP contribution in [0.1, 0.15) is 52.8 Å². The Hall–Kier alpha value is -3.86. The SMILES string of the molecule is CCCOc1ccc(C(O)=C2C(=O)C(=O)N(Cc3ccc(C)cc3)C2c2ccc(C)cc2)c(C)c1. The molecule has 5 nitrogen and oxygen atoms in total. The molecule has 1 aliphatic heterocycles. The van der Waals surface area contributed by atoms with E-state index >= 15 is 0 Å². The Bertz CT molecular complexity index is 1270. The van der Waals surface area contributed by atoms with E-state index in [1.54, 1.807) is 17.0 Å². The Labute approximate surface area is 206 Å². The second-order valence-corrected chi connectivity index (χ2v) is 9.15. The topological polar surface area (TPSA) is 66.8 Å². The number of Topliss-reactive ketones (excluding diaryl/α,β-unsaturated/α-hetero) is 1. The van der Waals surface area contributed by atoms with E-state index in [-0.39, 0.29) is 17.9 Å². The minimum Gasteiger partial charge on any atom is -0.507 e. The van der Waals surface area contributed by atoms with Gasteiger partial charge < -0.3 is 14.7 Å². The van der Waals surface area contributed by atoms with E-state index in [9.17, 15) is 14.7 Å². The van der Waals surface area contributed by atoms with Gasteiger partial charge in [0.05, 0.1) is 18.2 Å². The first kappa shape index (κ1) is 24.3. The molecule has 1 saturated heterocycles. The van der Waals surface area contributed by atoms with Crippen molar-refractivity contribution in [2.45, 2.75) is 46.7 Å². The normalized spacial score (nSPS) is 17.1. The van der Waals surface area contributed by atoms with Gasteiger partial charge in [-0.25, -0.2) is 0 Å². The van der Waals surface area contributed by atoms with Gasteiger partial charge in [-0.2, -0.15) is 0 Å². The number of carbonyl (C=O) groups excluding carboxylic acids is 2. The molecule has 4 rings (SSSR count). The van der Waals surface area contributed by atoms with E-state index in [0.717, 1.165) is 34.2 Å². The summed E-state index contributed by atoms with van der Waals surface area (Å²) >= 11 is 0. The van der Waals surface area contributed by atoms with E-state index in [0.29, 0.717) is 17.9 Å². The van der Waals surface area contributed by atoms with E-state index in [2.05, 4.69) is 0 Å². The van der Waals surface area contributed by atoms with Gasteiger partial charge in [-0.15, -0.1) is 0 Å². The van der Waals surface area contributed by atoms with Crippen LogP contribution in [0.25, 0.3) is 5.76 Å². The van der Waals surface area contributed by atoms with E-state index in [4.69, 9.17) is 4.74 Å². The molecule has 0 aliphatic carbocycles. The van der Waals surface area contributed by atoms with Gasteiger partial charge in [-0.05, 0) is 62.1 Å². The van der Waals surface area contributed by atoms with Gasteiger partial charge in [-0.1, -0.05) is 66.6 Å². The predicted molar refractivity (Wildman–Crippen MR) is 137 cm³/mol. The van der Waals surface area contributed by atoms with Crippen LogP contribution in [0.5, 0.6) is 5.75 Å². The lowest BCUT2D eigenvalue weighted by molar-refractivity contribution is -0.140. The van der Waals surface area contributed by atoms with Crippen LogP contribution in [0.15, 0.2) is 72.3 Å². The van der Waals surface area contributed by atoms with E-state index in [1.165, 1.54) is 0 Å². The van der Waals surface area contributed by atoms with Crippen molar-refractivity contribution in [3.63, 3.8) is 0 Å². The first-order valence-corrected chi connectivity index (χ1v) is 11.9. The Kier molecular flexibility index (Phi) is 7.06. The molecule has 0 aromatic heterocycles. The fourth-order valence-corrected chi connectivity index (χ4v) is 4.39. The molecule has 35 heavy (non-hydrogen) atoms. The quantitative estimate of drug-likeness (QED) is 0.261. The zero-order valence-corrected chi connectivity index (χ0v) is 20.7. The number of aryl methyl sites for hydroxylation is 3. The number of aliphatic hydroxyl groups excluding tert-OH is 1. The standard InChI is InChI=1S/C30H31NO4/c1-5-16-35-24-14-15-25(21(4)17-24)28(32)26-27(23-12-8-20(3)9-13-23)31(30(34)29(26)33)18-22-10-6-19(2)7-11-22/h6-15,17,27,32H,5,16,18H2,1-4H3. The van der Waals surface area contributed by atoms with Crippen LogP contribution in [-0.2, 0) is 16.1 Å². The number of ether oxygens (including phenoxy) is 1. The third-order valence-corrected chi connectivity index (χ3v) is 6.33. The summed E-state index contributed by atoms with van der Waals surface area (Å²) in [5, 5.41) is 11.4. The number of nitrogens with zero attached hydrogens (tertiary/aromatic N) is 1. The van der Waals surface area contributed by atoms with Crippen molar-refractivity contribution >= 4 is 17.4 Å². The van der Waals surface area contributed by atoms with Crippen LogP contribution in [0.2, 0.25) is 0 Å². The molecule has 1 atom stereocenters. The van der Waals surface area contributed by atoms with Crippen molar-refractivity contribution in [2.24, 2.45) is 0 Å². The second kappa shape index (κ2) is 10.2. The summed E-state index contributed by atoms with van der Waals surface area (Å²) < 4.78 is 5.70. The number of benzene rings is 3. The van der Waals surface area contributed by atoms with E-state index < -0.39 is 17.7 Å². The molecule has 1 amide bonds. The fraction of sp³-hybridized carbons (Fsp3) is 0.267. The number of hydrogen-bond acceptors (Lipinski definition) is 4. The molecule has 5 heteroatoms. The van der Waals surface area contributed by atoms with Crippen molar-refractivity contribution in [1.82, 2.24) is 4.90 Å². The van der Waals surface area contributed by atoms with Crippen LogP contribution >= 0.6 is 0 Å². The van der Waals surface area contributed by atoms with Gasteiger partial charge in [-0.3, -0.25) is 9.59 Å². The smallest absolute Gasteiger partial charge is 0.295 e. The summed E-state index contributed by atoms with van der Waals surface area (Å²) in [7, 11) is 0. The molecule has 3 aromatic carbocycles. The van der Waals surface area contributed by atoms with Crippen LogP contribution < -0.4 is 4.74 Å². The fourth-order valence-electron chi connectivity index (χ4n) is 4.39. The first-order chi connectivity index (χ1) is 16.8. The molecule has 1 unspecified atom stereocenters. The Morgan fingerprint density at radius 1 is 0.914 bits per heavy atom. The molecule has 0 bridgehead atoms. The summed E-state index contributed by atoms with van der Waals surface area (Å²) in [5.74, 6) is -0.750. The number of hydrogen-bond donors (Lipinski definition) is 1. The number of rotatable bonds is 7. The maximum atomic E-state index is 13.3. The highest BCUT2D eigenvalue weighted by atomic mass is 16.5. The first-order valence-electron chi connectivity index (χ1n) is 11.9. The molecular weight excluding hydrogens is 438 g/mol. The molecule has 1 aliphatic rings. The summed E-state index contributed by atoms with van der Waals surface area (Å²) in [5.41, 5.74) is 5.28. The number of ketones is 1. The largest absolute Gasteiger partial charge is 0.507 e. The van der Waals surface area contributed by atoms with Gasteiger partial charge in [0.2, 0.25) is 0 Å². The lowest BCUT2D eigenvalue weighted by atomic mass is 9.93. The molecule has 0 radical (unpaired) electrons. The zero-order valence-electron chi connectivity index (χ0n) is 20.7. The second-order valence-electron chi connectivity index (χ2n) is 9.15. The highest BCUT2D eigenvalue weighted by molar-refractivity contribution is 6.46. The van der Waals surface area contributed by atoms with Crippen LogP contribution in [0.3, 0.4) is 0 Å². The van der Waals surface area contributed by atoms with Crippen molar-refractivity contribution in [1.29, 1.82) is 0 Å². The minimum absolute atomic E-state index is 0.108. The van der Waals surface area contributed by atoms with Crippen molar-refractivity contribution in [3.05, 3.63) is 106 Å². The maximum Gasteiger partial charge on any atom is 0.295 e. The monoisotopic (exact) mass is 469 g/mol. The van der Waals surface area contributed by atoms with Crippen molar-refractivity contribution < 1.29 is 19.4 Å². The van der Waals surface area contributed by atoms with Gasteiger partial charge in [0, 0.05) is 12.1 Å². The molecule has 3 aromatic rings. The summed E-state index contributed by atoms with van der Waals surface area (Å²) in [6.07, 6.45) is 0.891. The van der Waals surface area contributed by atoms with Gasteiger partial charge in [0.1, 0.15) is 11.5 Å². The molecule has 1 fully saturated rings. The lowest BCUT2D eigenvalue weighted by Crippen LogP contribution is -2.29. The Balaban J connectivity index is 1.81. The summed E-state index contributed by atoms with van der Waals surface area (Å²) in [6, 6.07) is 20.3. The molecule has 180 valence electrons. The average Bonchev–Trinajstić information content (AvgIpc) is 3.09. The van der Waals surface area contributed by atoms with Crippen LogP contribution in [0.4, 0.5) is 0 Å². The van der Waals surface area contributed by atoms with Crippen LogP contribution in [0, 0.1) is 20.8 Å². The number of likely N-dealkylation sites (tertiary alicyclic amines) is 1. The van der Waals surface area contributed by atoms with E-state index in [1.807, 2.05) is 82.3 Å². The highest BCUT2D eigenvalue weighted by Gasteiger charge is 2.46. The lowest BCUT2D eigenvalue weighted by Gasteiger charge is -2.26. The summed E-state index contributed by atoms with van der Waals surface area (Å²) in [4.78, 5) is 28.1. The molecule has 1 N–H and O–H groups in total. The minimum atomic E-state index is -0.688. The van der Waals surface area contributed by atoms with Gasteiger partial charge in [0.25, 0.3) is 11.7 Å². The Morgan fingerprint density at radius 3 is 2.14 bits per heavy atom. The maximum absolute atomic E-state index is 13.3. The summed E-state index contributed by atoms with van der Waals surface area (Å²) in [6.45, 7) is 8.75. The third kappa shape index (κ3) is 4.99. The molecule has 0 saturated carbocycles. The van der Waals surface area contributed by atoms with Crippen molar-refractivity contribution in [2.75, 3.05) is 6.61 Å². The third-order valence-electron chi connectivity index (χ3n) is 6.33. The average molecular weight is 470 g/mol. The van der Waals surface area contributed by atoms with Gasteiger partial charge >= 0.3 is 0 Å². The number of amides is 1. The van der Waals surface area contributed by atoms with Crippen molar-refractivity contribution in [3.8, 4) is 5.75 Å².